The Labute approximate surface area is 166 Å². The highest BCUT2D eigenvalue weighted by molar-refractivity contribution is 6.40. The van der Waals surface area contributed by atoms with Crippen LogP contribution in [0.2, 0.25) is 15.1 Å². The summed E-state index contributed by atoms with van der Waals surface area (Å²) in [6, 6.07) is 7.38. The van der Waals surface area contributed by atoms with Crippen LogP contribution in [0.15, 0.2) is 41.5 Å². The highest BCUT2D eigenvalue weighted by atomic mass is 35.5. The third kappa shape index (κ3) is 5.59. The van der Waals surface area contributed by atoms with Gasteiger partial charge >= 0.3 is 18.0 Å². The van der Waals surface area contributed by atoms with Gasteiger partial charge in [-0.1, -0.05) is 40.9 Å². The lowest BCUT2D eigenvalue weighted by molar-refractivity contribution is -0.137. The molecule has 11 heteroatoms. The van der Waals surface area contributed by atoms with Gasteiger partial charge in [0.2, 0.25) is 0 Å². The number of carbonyl (C=O) groups is 2. The van der Waals surface area contributed by atoms with Crippen molar-refractivity contribution in [2.45, 2.75) is 6.18 Å². The number of halogens is 6. The first-order valence-electron chi connectivity index (χ1n) is 7.04. The summed E-state index contributed by atoms with van der Waals surface area (Å²) >= 11 is 17.3. The topological polar surface area (TPSA) is 70.6 Å². The van der Waals surface area contributed by atoms with E-state index in [0.29, 0.717) is 11.6 Å². The van der Waals surface area contributed by atoms with E-state index >= 15 is 0 Å². The fourth-order valence-electron chi connectivity index (χ4n) is 1.85. The summed E-state index contributed by atoms with van der Waals surface area (Å²) in [5, 5.41) is 5.56. The van der Waals surface area contributed by atoms with Gasteiger partial charge in [0.05, 0.1) is 26.8 Å². The lowest BCUT2D eigenvalue weighted by Gasteiger charge is -2.11. The lowest BCUT2D eigenvalue weighted by atomic mass is 10.2. The fourth-order valence-corrected chi connectivity index (χ4v) is 2.57. The molecule has 0 bridgehead atoms. The van der Waals surface area contributed by atoms with Crippen LogP contribution in [0, 0.1) is 0 Å². The first kappa shape index (κ1) is 21.0. The average molecular weight is 439 g/mol. The number of anilines is 1. The Bertz CT molecular complexity index is 897. The Morgan fingerprint density at radius 2 is 1.59 bits per heavy atom. The van der Waals surface area contributed by atoms with E-state index in [9.17, 15) is 22.8 Å². The standard InChI is InChI=1S/C16H9Cl3F3N3O2/c17-11-2-1-3-12(18)9(11)7-23-25-15(27)14(26)24-8-4-5-13(19)10(6-8)16(20,21)22/h1-7H,(H,24,26)(H,25,27)/b23-7-. The normalized spacial score (nSPS) is 11.5. The molecule has 0 aliphatic carbocycles. The number of amides is 2. The lowest BCUT2D eigenvalue weighted by Crippen LogP contribution is -2.32. The van der Waals surface area contributed by atoms with Crippen LogP contribution in [0.25, 0.3) is 0 Å². The van der Waals surface area contributed by atoms with Gasteiger partial charge in [-0.2, -0.15) is 18.3 Å². The summed E-state index contributed by atoms with van der Waals surface area (Å²) in [5.74, 6) is -2.44. The molecule has 27 heavy (non-hydrogen) atoms. The van der Waals surface area contributed by atoms with Crippen molar-refractivity contribution in [1.82, 2.24) is 5.43 Å². The Morgan fingerprint density at radius 3 is 2.19 bits per heavy atom. The molecule has 0 fully saturated rings. The molecule has 0 spiro atoms. The first-order chi connectivity index (χ1) is 12.6. The van der Waals surface area contributed by atoms with E-state index in [2.05, 4.69) is 5.10 Å². The number of hydrogen-bond acceptors (Lipinski definition) is 3. The molecule has 5 nitrogen and oxygen atoms in total. The smallest absolute Gasteiger partial charge is 0.318 e. The summed E-state index contributed by atoms with van der Waals surface area (Å²) < 4.78 is 38.4. The van der Waals surface area contributed by atoms with Gasteiger partial charge < -0.3 is 5.32 Å². The van der Waals surface area contributed by atoms with Crippen LogP contribution < -0.4 is 10.7 Å². The molecule has 0 aliphatic rings. The molecule has 2 N–H and O–H groups in total. The van der Waals surface area contributed by atoms with Crippen molar-refractivity contribution in [2.75, 3.05) is 5.32 Å². The highest BCUT2D eigenvalue weighted by Crippen LogP contribution is 2.36. The van der Waals surface area contributed by atoms with Crippen molar-refractivity contribution in [3.8, 4) is 0 Å². The van der Waals surface area contributed by atoms with Crippen LogP contribution in [0.3, 0.4) is 0 Å². The zero-order valence-electron chi connectivity index (χ0n) is 13.1. The monoisotopic (exact) mass is 437 g/mol. The van der Waals surface area contributed by atoms with Gasteiger partial charge in [0, 0.05) is 11.3 Å². The second kappa shape index (κ2) is 8.60. The van der Waals surface area contributed by atoms with Crippen molar-refractivity contribution < 1.29 is 22.8 Å². The van der Waals surface area contributed by atoms with E-state index < -0.39 is 28.6 Å². The Balaban J connectivity index is 2.04. The van der Waals surface area contributed by atoms with Crippen LogP contribution >= 0.6 is 34.8 Å². The number of hydrazone groups is 1. The van der Waals surface area contributed by atoms with E-state index in [1.165, 1.54) is 0 Å². The minimum atomic E-state index is -4.71. The van der Waals surface area contributed by atoms with Crippen molar-refractivity contribution in [3.63, 3.8) is 0 Å². The van der Waals surface area contributed by atoms with Crippen molar-refractivity contribution in [2.24, 2.45) is 5.10 Å². The Hall–Kier alpha value is -2.29. The minimum absolute atomic E-state index is 0.259. The third-order valence-electron chi connectivity index (χ3n) is 3.10. The van der Waals surface area contributed by atoms with Crippen molar-refractivity contribution in [1.29, 1.82) is 0 Å². The van der Waals surface area contributed by atoms with Crippen LogP contribution in [0.5, 0.6) is 0 Å². The van der Waals surface area contributed by atoms with Crippen LogP contribution in [-0.4, -0.2) is 18.0 Å². The minimum Gasteiger partial charge on any atom is -0.318 e. The maximum absolute atomic E-state index is 12.8. The molecule has 142 valence electrons. The maximum Gasteiger partial charge on any atom is 0.417 e. The number of nitrogens with one attached hydrogen (secondary N) is 2. The number of nitrogens with zero attached hydrogens (tertiary/aromatic N) is 1. The molecule has 2 aromatic rings. The molecule has 0 atom stereocenters. The van der Waals surface area contributed by atoms with Gasteiger partial charge in [-0.3, -0.25) is 9.59 Å². The van der Waals surface area contributed by atoms with E-state index in [1.807, 2.05) is 10.7 Å². The molecule has 2 amide bonds. The van der Waals surface area contributed by atoms with E-state index in [4.69, 9.17) is 34.8 Å². The van der Waals surface area contributed by atoms with Gasteiger partial charge in [-0.25, -0.2) is 5.43 Å². The molecule has 2 aromatic carbocycles. The van der Waals surface area contributed by atoms with Crippen LogP contribution in [-0.2, 0) is 15.8 Å². The zero-order valence-corrected chi connectivity index (χ0v) is 15.3. The number of carbonyl (C=O) groups excluding carboxylic acids is 2. The second-order valence-electron chi connectivity index (χ2n) is 4.98. The maximum atomic E-state index is 12.8. The van der Waals surface area contributed by atoms with Gasteiger partial charge in [0.25, 0.3) is 0 Å². The molecule has 0 aliphatic heterocycles. The molecule has 0 heterocycles. The van der Waals surface area contributed by atoms with Crippen LogP contribution in [0.4, 0.5) is 18.9 Å². The summed E-state index contributed by atoms with van der Waals surface area (Å²) in [5.41, 5.74) is 0.825. The predicted molar refractivity (Wildman–Crippen MR) is 97.3 cm³/mol. The zero-order chi connectivity index (χ0) is 20.2. The second-order valence-corrected chi connectivity index (χ2v) is 6.20. The molecule has 0 saturated carbocycles. The average Bonchev–Trinajstić information content (AvgIpc) is 2.58. The van der Waals surface area contributed by atoms with Crippen molar-refractivity contribution >= 4 is 58.5 Å². The number of benzene rings is 2. The fraction of sp³-hybridized carbons (Fsp3) is 0.0625. The van der Waals surface area contributed by atoms with Crippen molar-refractivity contribution in [3.05, 3.63) is 62.6 Å². The first-order valence-corrected chi connectivity index (χ1v) is 8.18. The largest absolute Gasteiger partial charge is 0.417 e. The summed E-state index contributed by atoms with van der Waals surface area (Å²) in [7, 11) is 0. The SMILES string of the molecule is O=C(N/N=C\c1c(Cl)cccc1Cl)C(=O)Nc1ccc(Cl)c(C(F)(F)F)c1. The molecule has 0 saturated heterocycles. The molecule has 0 unspecified atom stereocenters. The summed E-state index contributed by atoms with van der Waals surface area (Å²) in [4.78, 5) is 23.5. The molecule has 0 aromatic heterocycles. The molecule has 2 rings (SSSR count). The van der Waals surface area contributed by atoms with Gasteiger partial charge in [-0.05, 0) is 30.3 Å². The van der Waals surface area contributed by atoms with Gasteiger partial charge in [-0.15, -0.1) is 0 Å². The van der Waals surface area contributed by atoms with E-state index in [1.54, 1.807) is 18.2 Å². The van der Waals surface area contributed by atoms with Gasteiger partial charge in [0.1, 0.15) is 0 Å². The summed E-state index contributed by atoms with van der Waals surface area (Å²) in [6.07, 6.45) is -3.58. The predicted octanol–water partition coefficient (Wildman–Crippen LogP) is 4.75. The third-order valence-corrected chi connectivity index (χ3v) is 4.08. The molecular formula is C16H9Cl3F3N3O2. The van der Waals surface area contributed by atoms with Gasteiger partial charge in [0.15, 0.2) is 0 Å². The van der Waals surface area contributed by atoms with E-state index in [-0.39, 0.29) is 15.7 Å². The number of hydrogen-bond donors (Lipinski definition) is 2. The number of alkyl halides is 3. The number of rotatable bonds is 3. The van der Waals surface area contributed by atoms with Crippen LogP contribution in [0.1, 0.15) is 11.1 Å². The molecule has 0 radical (unpaired) electrons. The summed E-state index contributed by atoms with van der Waals surface area (Å²) in [6.45, 7) is 0. The molecular weight excluding hydrogens is 430 g/mol. The van der Waals surface area contributed by atoms with E-state index in [0.717, 1.165) is 18.3 Å². The Morgan fingerprint density at radius 1 is 0.963 bits per heavy atom. The quantitative estimate of drug-likeness (QED) is 0.412. The highest BCUT2D eigenvalue weighted by Gasteiger charge is 2.33. The Kier molecular flexibility index (Phi) is 6.69.